The summed E-state index contributed by atoms with van der Waals surface area (Å²) in [6.45, 7) is 4.06. The van der Waals surface area contributed by atoms with Crippen LogP contribution in [0.2, 0.25) is 0 Å². The molecular formula is C15H23N3O. The number of carbonyl (C=O) groups is 1. The average Bonchev–Trinajstić information content (AvgIpc) is 2.41. The monoisotopic (exact) mass is 261 g/mol. The second-order valence-electron chi connectivity index (χ2n) is 5.52. The Morgan fingerprint density at radius 2 is 2.00 bits per heavy atom. The van der Waals surface area contributed by atoms with Crippen molar-refractivity contribution >= 4 is 11.6 Å². The summed E-state index contributed by atoms with van der Waals surface area (Å²) in [7, 11) is 4.02. The minimum Gasteiger partial charge on any atom is -0.398 e. The molecule has 0 bridgehead atoms. The molecule has 1 heterocycles. The van der Waals surface area contributed by atoms with Crippen molar-refractivity contribution in [3.05, 3.63) is 29.3 Å². The van der Waals surface area contributed by atoms with Gasteiger partial charge in [-0.05, 0) is 57.6 Å². The van der Waals surface area contributed by atoms with Gasteiger partial charge in [0.15, 0.2) is 0 Å². The van der Waals surface area contributed by atoms with Crippen molar-refractivity contribution in [1.29, 1.82) is 0 Å². The number of hydrogen-bond donors (Lipinski definition) is 1. The smallest absolute Gasteiger partial charge is 0.253 e. The molecular weight excluding hydrogens is 238 g/mol. The van der Waals surface area contributed by atoms with Gasteiger partial charge in [0.2, 0.25) is 0 Å². The van der Waals surface area contributed by atoms with Crippen LogP contribution in [0.15, 0.2) is 18.2 Å². The van der Waals surface area contributed by atoms with Gasteiger partial charge in [-0.25, -0.2) is 0 Å². The van der Waals surface area contributed by atoms with E-state index in [2.05, 4.69) is 11.9 Å². The Morgan fingerprint density at radius 1 is 1.37 bits per heavy atom. The van der Waals surface area contributed by atoms with Gasteiger partial charge in [-0.3, -0.25) is 4.79 Å². The molecule has 1 amide bonds. The predicted octanol–water partition coefficient (Wildman–Crippen LogP) is 1.74. The number of rotatable bonds is 2. The van der Waals surface area contributed by atoms with Crippen LogP contribution in [0.5, 0.6) is 0 Å². The molecule has 2 N–H and O–H groups in total. The summed E-state index contributed by atoms with van der Waals surface area (Å²) in [5.41, 5.74) is 8.26. The van der Waals surface area contributed by atoms with Crippen LogP contribution in [0.1, 0.15) is 28.8 Å². The van der Waals surface area contributed by atoms with Crippen LogP contribution < -0.4 is 5.73 Å². The fourth-order valence-electron chi connectivity index (χ4n) is 2.53. The largest absolute Gasteiger partial charge is 0.398 e. The average molecular weight is 261 g/mol. The highest BCUT2D eigenvalue weighted by atomic mass is 16.2. The van der Waals surface area contributed by atoms with Gasteiger partial charge in [0, 0.05) is 24.3 Å². The van der Waals surface area contributed by atoms with E-state index in [-0.39, 0.29) is 5.91 Å². The number of aryl methyl sites for hydroxylation is 1. The number of piperidine rings is 1. The number of anilines is 1. The molecule has 1 aromatic rings. The molecule has 0 aromatic heterocycles. The number of nitrogen functional groups attached to an aromatic ring is 1. The normalized spacial score (nSPS) is 17.4. The van der Waals surface area contributed by atoms with E-state index in [4.69, 9.17) is 5.73 Å². The molecule has 4 nitrogen and oxygen atoms in total. The molecule has 1 aromatic carbocycles. The zero-order valence-electron chi connectivity index (χ0n) is 12.0. The van der Waals surface area contributed by atoms with Crippen LogP contribution in [0.25, 0.3) is 0 Å². The maximum absolute atomic E-state index is 12.4. The lowest BCUT2D eigenvalue weighted by Gasteiger charge is -2.35. The van der Waals surface area contributed by atoms with Gasteiger partial charge in [-0.15, -0.1) is 0 Å². The molecule has 1 aliphatic heterocycles. The molecule has 19 heavy (non-hydrogen) atoms. The number of nitrogens with zero attached hydrogens (tertiary/aromatic N) is 2. The van der Waals surface area contributed by atoms with Crippen molar-refractivity contribution in [2.75, 3.05) is 32.9 Å². The van der Waals surface area contributed by atoms with Gasteiger partial charge in [0.05, 0.1) is 0 Å². The van der Waals surface area contributed by atoms with Gasteiger partial charge < -0.3 is 15.5 Å². The number of carbonyl (C=O) groups excluding carboxylic acids is 1. The summed E-state index contributed by atoms with van der Waals surface area (Å²) in [6.07, 6.45) is 2.08. The highest BCUT2D eigenvalue weighted by Gasteiger charge is 2.24. The summed E-state index contributed by atoms with van der Waals surface area (Å²) in [6, 6.07) is 5.89. The molecule has 1 saturated heterocycles. The van der Waals surface area contributed by atoms with Crippen molar-refractivity contribution in [2.45, 2.75) is 25.8 Å². The highest BCUT2D eigenvalue weighted by molar-refractivity contribution is 5.95. The lowest BCUT2D eigenvalue weighted by atomic mass is 10.0. The van der Waals surface area contributed by atoms with Gasteiger partial charge in [0.1, 0.15) is 0 Å². The van der Waals surface area contributed by atoms with Crippen LogP contribution in [0.4, 0.5) is 5.69 Å². The molecule has 4 heteroatoms. The summed E-state index contributed by atoms with van der Waals surface area (Å²) >= 11 is 0. The first kappa shape index (κ1) is 13.9. The topological polar surface area (TPSA) is 49.6 Å². The van der Waals surface area contributed by atoms with E-state index >= 15 is 0 Å². The van der Waals surface area contributed by atoms with Crippen LogP contribution in [-0.4, -0.2) is 48.9 Å². The maximum atomic E-state index is 12.4. The molecule has 0 radical (unpaired) electrons. The van der Waals surface area contributed by atoms with E-state index in [1.54, 1.807) is 6.07 Å². The van der Waals surface area contributed by atoms with Crippen LogP contribution >= 0.6 is 0 Å². The zero-order valence-corrected chi connectivity index (χ0v) is 12.0. The molecule has 0 aliphatic carbocycles. The molecule has 0 saturated carbocycles. The van der Waals surface area contributed by atoms with Gasteiger partial charge >= 0.3 is 0 Å². The Hall–Kier alpha value is -1.55. The Labute approximate surface area is 115 Å². The first-order valence-corrected chi connectivity index (χ1v) is 6.81. The molecule has 1 aliphatic rings. The van der Waals surface area contributed by atoms with Crippen molar-refractivity contribution < 1.29 is 4.79 Å². The highest BCUT2D eigenvalue weighted by Crippen LogP contribution is 2.19. The second-order valence-corrected chi connectivity index (χ2v) is 5.52. The molecule has 2 rings (SSSR count). The van der Waals surface area contributed by atoms with Crippen molar-refractivity contribution in [1.82, 2.24) is 9.80 Å². The zero-order chi connectivity index (χ0) is 14.0. The van der Waals surface area contributed by atoms with E-state index < -0.39 is 0 Å². The lowest BCUT2D eigenvalue weighted by Crippen LogP contribution is -2.44. The van der Waals surface area contributed by atoms with Crippen LogP contribution in [0.3, 0.4) is 0 Å². The fraction of sp³-hybridized carbons (Fsp3) is 0.533. The fourth-order valence-corrected chi connectivity index (χ4v) is 2.53. The molecule has 0 atom stereocenters. The summed E-state index contributed by atoms with van der Waals surface area (Å²) in [5, 5.41) is 0. The molecule has 0 unspecified atom stereocenters. The third-order valence-electron chi connectivity index (χ3n) is 4.08. The maximum Gasteiger partial charge on any atom is 0.253 e. The third kappa shape index (κ3) is 3.07. The number of amides is 1. The second kappa shape index (κ2) is 5.61. The minimum atomic E-state index is 0.0706. The Bertz CT molecular complexity index is 464. The molecule has 1 fully saturated rings. The number of benzene rings is 1. The van der Waals surface area contributed by atoms with Gasteiger partial charge in [-0.1, -0.05) is 6.07 Å². The number of nitrogens with two attached hydrogens (primary N) is 1. The Kier molecular flexibility index (Phi) is 4.10. The first-order valence-electron chi connectivity index (χ1n) is 6.81. The van der Waals surface area contributed by atoms with E-state index in [9.17, 15) is 4.79 Å². The Balaban J connectivity index is 2.08. The summed E-state index contributed by atoms with van der Waals surface area (Å²) in [5.74, 6) is 0.0706. The van der Waals surface area contributed by atoms with E-state index in [1.807, 2.05) is 31.0 Å². The lowest BCUT2D eigenvalue weighted by molar-refractivity contribution is 0.0659. The van der Waals surface area contributed by atoms with E-state index in [0.717, 1.165) is 31.5 Å². The van der Waals surface area contributed by atoms with E-state index in [1.165, 1.54) is 0 Å². The minimum absolute atomic E-state index is 0.0706. The number of likely N-dealkylation sites (tertiary alicyclic amines) is 1. The Morgan fingerprint density at radius 3 is 2.58 bits per heavy atom. The first-order chi connectivity index (χ1) is 8.99. The quantitative estimate of drug-likeness (QED) is 0.825. The van der Waals surface area contributed by atoms with Crippen LogP contribution in [0, 0.1) is 6.92 Å². The standard InChI is InChI=1S/C15H23N3O/c1-11-4-5-12(10-14(11)16)15(19)18(3)13-6-8-17(2)9-7-13/h4-5,10,13H,6-9,16H2,1-3H3. The van der Waals surface area contributed by atoms with Crippen LogP contribution in [-0.2, 0) is 0 Å². The van der Waals surface area contributed by atoms with Crippen molar-refractivity contribution in [3.63, 3.8) is 0 Å². The summed E-state index contributed by atoms with van der Waals surface area (Å²) in [4.78, 5) is 16.6. The third-order valence-corrected chi connectivity index (χ3v) is 4.08. The predicted molar refractivity (Wildman–Crippen MR) is 78.2 cm³/mol. The van der Waals surface area contributed by atoms with E-state index in [0.29, 0.717) is 17.3 Å². The molecule has 0 spiro atoms. The van der Waals surface area contributed by atoms with Crippen molar-refractivity contribution in [3.8, 4) is 0 Å². The van der Waals surface area contributed by atoms with Gasteiger partial charge in [-0.2, -0.15) is 0 Å². The van der Waals surface area contributed by atoms with Gasteiger partial charge in [0.25, 0.3) is 5.91 Å². The molecule has 104 valence electrons. The summed E-state index contributed by atoms with van der Waals surface area (Å²) < 4.78 is 0. The SMILES string of the molecule is Cc1ccc(C(=O)N(C)C2CCN(C)CC2)cc1N. The number of hydrogen-bond acceptors (Lipinski definition) is 3. The van der Waals surface area contributed by atoms with Crippen molar-refractivity contribution in [2.24, 2.45) is 0 Å².